The highest BCUT2D eigenvalue weighted by atomic mass is 16.1. The van der Waals surface area contributed by atoms with Crippen LogP contribution in [-0.4, -0.2) is 9.36 Å². The highest BCUT2D eigenvalue weighted by Crippen LogP contribution is 2.18. The zero-order chi connectivity index (χ0) is 11.7. The van der Waals surface area contributed by atoms with Gasteiger partial charge in [0, 0.05) is 13.6 Å². The Morgan fingerprint density at radius 1 is 1.27 bits per heavy atom. The number of nitrogen functional groups attached to an aromatic ring is 1. The normalized spacial score (nSPS) is 11.7. The van der Waals surface area contributed by atoms with E-state index < -0.39 is 0 Å². The predicted octanol–water partition coefficient (Wildman–Crippen LogP) is 1.55. The molecule has 0 radical (unpaired) electrons. The number of anilines is 1. The Hall–Kier alpha value is -1.19. The van der Waals surface area contributed by atoms with E-state index in [1.54, 1.807) is 4.68 Å². The molecular formula is C11H21N3O. The number of rotatable bonds is 3. The Bertz CT molecular complexity index is 399. The maximum Gasteiger partial charge on any atom is 0.290 e. The van der Waals surface area contributed by atoms with Gasteiger partial charge in [-0.15, -0.1) is 0 Å². The molecule has 0 aromatic carbocycles. The summed E-state index contributed by atoms with van der Waals surface area (Å²) >= 11 is 0. The largest absolute Gasteiger partial charge is 0.393 e. The summed E-state index contributed by atoms with van der Waals surface area (Å²) in [6.45, 7) is 8.98. The van der Waals surface area contributed by atoms with Crippen molar-refractivity contribution in [3.05, 3.63) is 16.0 Å². The highest BCUT2D eigenvalue weighted by Gasteiger charge is 2.17. The van der Waals surface area contributed by atoms with Gasteiger partial charge in [-0.05, 0) is 11.8 Å². The molecule has 0 fully saturated rings. The molecular weight excluding hydrogens is 190 g/mol. The summed E-state index contributed by atoms with van der Waals surface area (Å²) in [7, 11) is 1.90. The van der Waals surface area contributed by atoms with Crippen LogP contribution in [0.1, 0.15) is 39.3 Å². The molecule has 4 nitrogen and oxygen atoms in total. The molecule has 1 aromatic rings. The Morgan fingerprint density at radius 2 is 1.80 bits per heavy atom. The summed E-state index contributed by atoms with van der Waals surface area (Å²) in [6, 6.07) is 0. The van der Waals surface area contributed by atoms with Crippen molar-refractivity contribution in [3.8, 4) is 0 Å². The predicted molar refractivity (Wildman–Crippen MR) is 63.0 cm³/mol. The van der Waals surface area contributed by atoms with Crippen LogP contribution < -0.4 is 11.3 Å². The van der Waals surface area contributed by atoms with Crippen LogP contribution in [0.4, 0.5) is 5.69 Å². The van der Waals surface area contributed by atoms with Crippen LogP contribution in [0, 0.1) is 5.92 Å². The van der Waals surface area contributed by atoms with Crippen molar-refractivity contribution in [2.45, 2.75) is 40.2 Å². The fourth-order valence-corrected chi connectivity index (χ4v) is 1.93. The molecule has 0 saturated carbocycles. The van der Waals surface area contributed by atoms with Gasteiger partial charge in [0.05, 0.1) is 5.69 Å². The maximum absolute atomic E-state index is 11.9. The second kappa shape index (κ2) is 4.13. The highest BCUT2D eigenvalue weighted by molar-refractivity contribution is 5.43. The third-order valence-corrected chi connectivity index (χ3v) is 2.54. The lowest BCUT2D eigenvalue weighted by atomic mass is 10.1. The minimum absolute atomic E-state index is 0.0603. The van der Waals surface area contributed by atoms with Crippen molar-refractivity contribution < 1.29 is 0 Å². The molecule has 0 amide bonds. The molecule has 2 N–H and O–H groups in total. The van der Waals surface area contributed by atoms with E-state index >= 15 is 0 Å². The lowest BCUT2D eigenvalue weighted by molar-refractivity contribution is 0.408. The van der Waals surface area contributed by atoms with E-state index in [0.29, 0.717) is 18.2 Å². The lowest BCUT2D eigenvalue weighted by Crippen LogP contribution is -2.25. The van der Waals surface area contributed by atoms with Gasteiger partial charge >= 0.3 is 0 Å². The molecule has 0 aliphatic rings. The van der Waals surface area contributed by atoms with Gasteiger partial charge in [0.1, 0.15) is 5.69 Å². The van der Waals surface area contributed by atoms with Crippen LogP contribution in [0.2, 0.25) is 0 Å². The smallest absolute Gasteiger partial charge is 0.290 e. The first-order valence-electron chi connectivity index (χ1n) is 5.41. The molecule has 86 valence electrons. The average molecular weight is 211 g/mol. The van der Waals surface area contributed by atoms with E-state index in [2.05, 4.69) is 13.8 Å². The van der Waals surface area contributed by atoms with Gasteiger partial charge in [0.15, 0.2) is 0 Å². The van der Waals surface area contributed by atoms with E-state index in [0.717, 1.165) is 5.69 Å². The fourth-order valence-electron chi connectivity index (χ4n) is 1.93. The first-order chi connectivity index (χ1) is 6.86. The van der Waals surface area contributed by atoms with Crippen LogP contribution in [0.3, 0.4) is 0 Å². The third-order valence-electron chi connectivity index (χ3n) is 2.54. The van der Waals surface area contributed by atoms with Crippen LogP contribution >= 0.6 is 0 Å². The maximum atomic E-state index is 11.9. The van der Waals surface area contributed by atoms with Crippen LogP contribution in [0.25, 0.3) is 0 Å². The molecule has 15 heavy (non-hydrogen) atoms. The molecule has 1 heterocycles. The zero-order valence-electron chi connectivity index (χ0n) is 10.2. The van der Waals surface area contributed by atoms with Crippen molar-refractivity contribution in [2.75, 3.05) is 5.73 Å². The summed E-state index contributed by atoms with van der Waals surface area (Å²) in [6.07, 6.45) is 0. The second-order valence-electron chi connectivity index (χ2n) is 4.76. The molecule has 0 saturated heterocycles. The topological polar surface area (TPSA) is 52.9 Å². The molecule has 0 atom stereocenters. The van der Waals surface area contributed by atoms with Crippen molar-refractivity contribution in [1.29, 1.82) is 0 Å². The third kappa shape index (κ3) is 2.08. The summed E-state index contributed by atoms with van der Waals surface area (Å²) in [5.41, 5.74) is 7.09. The lowest BCUT2D eigenvalue weighted by Gasteiger charge is -2.13. The van der Waals surface area contributed by atoms with Crippen molar-refractivity contribution in [3.63, 3.8) is 0 Å². The molecule has 0 aliphatic carbocycles. The Labute approximate surface area is 90.7 Å². The first kappa shape index (κ1) is 11.9. The number of aromatic nitrogens is 2. The van der Waals surface area contributed by atoms with Gasteiger partial charge in [0.25, 0.3) is 5.56 Å². The summed E-state index contributed by atoms with van der Waals surface area (Å²) in [5.74, 6) is 0.715. The van der Waals surface area contributed by atoms with E-state index in [9.17, 15) is 4.79 Å². The van der Waals surface area contributed by atoms with Gasteiger partial charge in [-0.25, -0.2) is 4.68 Å². The number of hydrogen-bond acceptors (Lipinski definition) is 2. The van der Waals surface area contributed by atoms with Crippen molar-refractivity contribution in [1.82, 2.24) is 9.36 Å². The molecule has 0 aliphatic heterocycles. The molecule has 1 rings (SSSR count). The minimum Gasteiger partial charge on any atom is -0.393 e. The van der Waals surface area contributed by atoms with E-state index in [1.165, 1.54) is 0 Å². The van der Waals surface area contributed by atoms with Gasteiger partial charge in [-0.2, -0.15) is 0 Å². The van der Waals surface area contributed by atoms with E-state index in [4.69, 9.17) is 5.73 Å². The Morgan fingerprint density at radius 3 is 2.13 bits per heavy atom. The molecule has 1 aromatic heterocycles. The molecule has 0 bridgehead atoms. The van der Waals surface area contributed by atoms with Crippen LogP contribution in [0.5, 0.6) is 0 Å². The van der Waals surface area contributed by atoms with Crippen LogP contribution in [-0.2, 0) is 13.6 Å². The van der Waals surface area contributed by atoms with Gasteiger partial charge in [-0.3, -0.25) is 9.48 Å². The van der Waals surface area contributed by atoms with E-state index in [-0.39, 0.29) is 11.5 Å². The zero-order valence-corrected chi connectivity index (χ0v) is 10.2. The van der Waals surface area contributed by atoms with E-state index in [1.807, 2.05) is 25.6 Å². The molecule has 0 spiro atoms. The van der Waals surface area contributed by atoms with Gasteiger partial charge in [-0.1, -0.05) is 27.7 Å². The Balaban J connectivity index is 3.30. The SMILES string of the molecule is CC(C)Cn1c(=O)c(N)c(C(C)C)n1C. The summed E-state index contributed by atoms with van der Waals surface area (Å²) in [4.78, 5) is 11.9. The monoisotopic (exact) mass is 211 g/mol. The standard InChI is InChI=1S/C11H21N3O/c1-7(2)6-14-11(15)9(12)10(8(3)4)13(14)5/h7-8H,6,12H2,1-5H3. The molecule has 4 heteroatoms. The summed E-state index contributed by atoms with van der Waals surface area (Å²) < 4.78 is 3.61. The minimum atomic E-state index is -0.0603. The number of nitrogens with two attached hydrogens (primary N) is 1. The number of nitrogens with zero attached hydrogens (tertiary/aromatic N) is 2. The Kier molecular flexibility index (Phi) is 3.27. The first-order valence-corrected chi connectivity index (χ1v) is 5.41. The van der Waals surface area contributed by atoms with Gasteiger partial charge in [0.2, 0.25) is 0 Å². The second-order valence-corrected chi connectivity index (χ2v) is 4.76. The van der Waals surface area contributed by atoms with Crippen LogP contribution in [0.15, 0.2) is 4.79 Å². The fraction of sp³-hybridized carbons (Fsp3) is 0.727. The summed E-state index contributed by atoms with van der Waals surface area (Å²) in [5, 5.41) is 0. The molecule has 0 unspecified atom stereocenters. The van der Waals surface area contributed by atoms with Gasteiger partial charge < -0.3 is 5.73 Å². The van der Waals surface area contributed by atoms with Crippen molar-refractivity contribution >= 4 is 5.69 Å². The average Bonchev–Trinajstić information content (AvgIpc) is 2.29. The van der Waals surface area contributed by atoms with Crippen molar-refractivity contribution in [2.24, 2.45) is 13.0 Å². The quantitative estimate of drug-likeness (QED) is 0.824. The number of hydrogen-bond donors (Lipinski definition) is 1.